The van der Waals surface area contributed by atoms with Crippen LogP contribution in [0.1, 0.15) is 6.42 Å². The molecular formula is C12H17ClINO2. The molecule has 5 heteroatoms. The Morgan fingerprint density at radius 2 is 2.12 bits per heavy atom. The number of anilines is 1. The molecule has 0 saturated heterocycles. The molecule has 0 aromatic heterocycles. The fourth-order valence-corrected chi connectivity index (χ4v) is 2.22. The molecule has 1 aromatic rings. The van der Waals surface area contributed by atoms with Gasteiger partial charge in [0.2, 0.25) is 0 Å². The molecule has 0 aliphatic rings. The van der Waals surface area contributed by atoms with E-state index >= 15 is 0 Å². The largest absolute Gasteiger partial charge is 0.385 e. The lowest BCUT2D eigenvalue weighted by molar-refractivity contribution is 0.109. The summed E-state index contributed by atoms with van der Waals surface area (Å²) in [6.07, 6.45) is 0.931. The summed E-state index contributed by atoms with van der Waals surface area (Å²) in [6, 6.07) is 5.94. The SMILES string of the molecule is COCCCOCCNc1ccc(I)cc1Cl. The lowest BCUT2D eigenvalue weighted by atomic mass is 10.3. The monoisotopic (exact) mass is 369 g/mol. The van der Waals surface area contributed by atoms with Crippen molar-refractivity contribution in [3.8, 4) is 0 Å². The minimum atomic E-state index is 0.673. The molecule has 0 atom stereocenters. The van der Waals surface area contributed by atoms with Crippen molar-refractivity contribution in [3.63, 3.8) is 0 Å². The molecule has 0 unspecified atom stereocenters. The van der Waals surface area contributed by atoms with Gasteiger partial charge in [-0.25, -0.2) is 0 Å². The minimum Gasteiger partial charge on any atom is -0.385 e. The van der Waals surface area contributed by atoms with Gasteiger partial charge in [0.05, 0.1) is 17.3 Å². The predicted molar refractivity (Wildman–Crippen MR) is 80.0 cm³/mol. The summed E-state index contributed by atoms with van der Waals surface area (Å²) in [6.45, 7) is 2.91. The van der Waals surface area contributed by atoms with E-state index in [0.717, 1.165) is 40.5 Å². The van der Waals surface area contributed by atoms with Crippen molar-refractivity contribution < 1.29 is 9.47 Å². The zero-order valence-corrected chi connectivity index (χ0v) is 12.8. The molecule has 1 N–H and O–H groups in total. The van der Waals surface area contributed by atoms with Crippen LogP contribution in [0.25, 0.3) is 0 Å². The fraction of sp³-hybridized carbons (Fsp3) is 0.500. The maximum Gasteiger partial charge on any atom is 0.0648 e. The number of rotatable bonds is 8. The molecular weight excluding hydrogens is 352 g/mol. The second-order valence-electron chi connectivity index (χ2n) is 3.51. The quantitative estimate of drug-likeness (QED) is 0.563. The Kier molecular flexibility index (Phi) is 7.92. The average Bonchev–Trinajstić information content (AvgIpc) is 2.30. The number of ether oxygens (including phenoxy) is 2. The van der Waals surface area contributed by atoms with Crippen molar-refractivity contribution >= 4 is 39.9 Å². The van der Waals surface area contributed by atoms with Crippen molar-refractivity contribution in [1.82, 2.24) is 0 Å². The number of hydrogen-bond donors (Lipinski definition) is 1. The van der Waals surface area contributed by atoms with E-state index in [2.05, 4.69) is 27.9 Å². The molecule has 0 bridgehead atoms. The highest BCUT2D eigenvalue weighted by atomic mass is 127. The first-order valence-electron chi connectivity index (χ1n) is 5.49. The Balaban J connectivity index is 2.14. The molecule has 0 fully saturated rings. The highest BCUT2D eigenvalue weighted by Crippen LogP contribution is 2.23. The van der Waals surface area contributed by atoms with Crippen LogP contribution in [-0.4, -0.2) is 33.5 Å². The number of nitrogens with one attached hydrogen (secondary N) is 1. The van der Waals surface area contributed by atoms with E-state index in [1.165, 1.54) is 0 Å². The third-order valence-corrected chi connectivity index (χ3v) is 3.11. The van der Waals surface area contributed by atoms with E-state index in [-0.39, 0.29) is 0 Å². The van der Waals surface area contributed by atoms with Gasteiger partial charge in [-0.05, 0) is 47.2 Å². The maximum atomic E-state index is 6.09. The van der Waals surface area contributed by atoms with Gasteiger partial charge >= 0.3 is 0 Å². The Labute approximate surface area is 121 Å². The van der Waals surface area contributed by atoms with Crippen LogP contribution >= 0.6 is 34.2 Å². The third-order valence-electron chi connectivity index (χ3n) is 2.13. The maximum absolute atomic E-state index is 6.09. The molecule has 1 rings (SSSR count). The Bertz CT molecular complexity index is 336. The summed E-state index contributed by atoms with van der Waals surface area (Å²) < 4.78 is 11.5. The van der Waals surface area contributed by atoms with E-state index in [4.69, 9.17) is 21.1 Å². The molecule has 0 amide bonds. The van der Waals surface area contributed by atoms with Crippen LogP contribution in [0, 0.1) is 3.57 Å². The fourth-order valence-electron chi connectivity index (χ4n) is 1.30. The van der Waals surface area contributed by atoms with Crippen LogP contribution in [0.2, 0.25) is 5.02 Å². The van der Waals surface area contributed by atoms with Gasteiger partial charge in [0, 0.05) is 30.4 Å². The Morgan fingerprint density at radius 3 is 2.82 bits per heavy atom. The molecule has 0 aliphatic carbocycles. The van der Waals surface area contributed by atoms with Gasteiger partial charge in [-0.15, -0.1) is 0 Å². The summed E-state index contributed by atoms with van der Waals surface area (Å²) in [5.41, 5.74) is 0.951. The van der Waals surface area contributed by atoms with E-state index in [9.17, 15) is 0 Å². The van der Waals surface area contributed by atoms with Crippen LogP contribution in [0.5, 0.6) is 0 Å². The lowest BCUT2D eigenvalue weighted by Gasteiger charge is -2.09. The van der Waals surface area contributed by atoms with Crippen LogP contribution in [0.4, 0.5) is 5.69 Å². The Hall–Kier alpha value is -0.0400. The third kappa shape index (κ3) is 6.45. The first kappa shape index (κ1) is 15.0. The molecule has 0 aliphatic heterocycles. The number of halogens is 2. The van der Waals surface area contributed by atoms with Gasteiger partial charge < -0.3 is 14.8 Å². The van der Waals surface area contributed by atoms with Gasteiger partial charge in [0.25, 0.3) is 0 Å². The van der Waals surface area contributed by atoms with Gasteiger partial charge in [0.1, 0.15) is 0 Å². The minimum absolute atomic E-state index is 0.673. The van der Waals surface area contributed by atoms with Crippen LogP contribution in [0.15, 0.2) is 18.2 Å². The lowest BCUT2D eigenvalue weighted by Crippen LogP contribution is -2.11. The summed E-state index contributed by atoms with van der Waals surface area (Å²) in [7, 11) is 1.69. The van der Waals surface area contributed by atoms with Crippen LogP contribution in [-0.2, 0) is 9.47 Å². The molecule has 0 radical (unpaired) electrons. The molecule has 1 aromatic carbocycles. The highest BCUT2D eigenvalue weighted by molar-refractivity contribution is 14.1. The molecule has 3 nitrogen and oxygen atoms in total. The van der Waals surface area contributed by atoms with E-state index in [1.54, 1.807) is 7.11 Å². The zero-order valence-electron chi connectivity index (χ0n) is 9.84. The topological polar surface area (TPSA) is 30.5 Å². The van der Waals surface area contributed by atoms with Crippen LogP contribution in [0.3, 0.4) is 0 Å². The summed E-state index contributed by atoms with van der Waals surface area (Å²) >= 11 is 8.32. The van der Waals surface area contributed by atoms with E-state index in [0.29, 0.717) is 6.61 Å². The summed E-state index contributed by atoms with van der Waals surface area (Å²) in [4.78, 5) is 0. The van der Waals surface area contributed by atoms with Gasteiger partial charge in [0.15, 0.2) is 0 Å². The van der Waals surface area contributed by atoms with Gasteiger partial charge in [-0.3, -0.25) is 0 Å². The van der Waals surface area contributed by atoms with E-state index in [1.807, 2.05) is 18.2 Å². The first-order valence-corrected chi connectivity index (χ1v) is 6.95. The summed E-state index contributed by atoms with van der Waals surface area (Å²) in [5, 5.41) is 3.99. The number of benzene rings is 1. The predicted octanol–water partition coefficient (Wildman–Crippen LogP) is 3.41. The Morgan fingerprint density at radius 1 is 1.29 bits per heavy atom. The second kappa shape index (κ2) is 8.97. The first-order chi connectivity index (χ1) is 8.24. The highest BCUT2D eigenvalue weighted by Gasteiger charge is 1.99. The van der Waals surface area contributed by atoms with Gasteiger partial charge in [-0.1, -0.05) is 11.6 Å². The smallest absolute Gasteiger partial charge is 0.0648 e. The van der Waals surface area contributed by atoms with Crippen molar-refractivity contribution in [1.29, 1.82) is 0 Å². The average molecular weight is 370 g/mol. The van der Waals surface area contributed by atoms with Gasteiger partial charge in [-0.2, -0.15) is 0 Å². The summed E-state index contributed by atoms with van der Waals surface area (Å²) in [5.74, 6) is 0. The standard InChI is InChI=1S/C12H17ClINO2/c1-16-6-2-7-17-8-5-15-12-4-3-10(14)9-11(12)13/h3-4,9,15H,2,5-8H2,1H3. The molecule has 0 spiro atoms. The van der Waals surface area contributed by atoms with Crippen molar-refractivity contribution in [2.45, 2.75) is 6.42 Å². The number of hydrogen-bond acceptors (Lipinski definition) is 3. The zero-order chi connectivity index (χ0) is 12.5. The van der Waals surface area contributed by atoms with Crippen molar-refractivity contribution in [2.24, 2.45) is 0 Å². The molecule has 0 heterocycles. The number of methoxy groups -OCH3 is 1. The van der Waals surface area contributed by atoms with Crippen molar-refractivity contribution in [3.05, 3.63) is 26.8 Å². The second-order valence-corrected chi connectivity index (χ2v) is 5.16. The molecule has 0 saturated carbocycles. The molecule has 17 heavy (non-hydrogen) atoms. The molecule has 96 valence electrons. The van der Waals surface area contributed by atoms with Crippen molar-refractivity contribution in [2.75, 3.05) is 38.8 Å². The van der Waals surface area contributed by atoms with Crippen LogP contribution < -0.4 is 5.32 Å². The van der Waals surface area contributed by atoms with E-state index < -0.39 is 0 Å². The normalized spacial score (nSPS) is 10.5.